The molecule has 1 aliphatic rings. The molecule has 0 radical (unpaired) electrons. The fraction of sp³-hybridized carbons (Fsp3) is 0.326. The molecule has 1 atom stereocenters. The van der Waals surface area contributed by atoms with Gasteiger partial charge in [0.25, 0.3) is 5.91 Å². The minimum atomic E-state index is -3.66. The summed E-state index contributed by atoms with van der Waals surface area (Å²) in [6.07, 6.45) is 2.21. The van der Waals surface area contributed by atoms with Crippen molar-refractivity contribution in [2.45, 2.75) is 38.6 Å². The summed E-state index contributed by atoms with van der Waals surface area (Å²) in [5.41, 5.74) is 8.03. The van der Waals surface area contributed by atoms with Gasteiger partial charge in [-0.25, -0.2) is 18.2 Å². The zero-order valence-corrected chi connectivity index (χ0v) is 38.4. The standard InChI is InChI=1S/C46H55N9O10S/c1-46(2,3)28-23-36(42(64-5)37(24-28)53-66(6,61)62)52-45(60)51-35-13-14-38(32-10-8-7-9-31(32)35)65-30-15-16-48-40(26-30)50-29-11-12-33(39(25-29)63-4)43(58)49-17-18-54-19-21-55(22-20-54)44(59)34(47)27-41(56)57/h7-16,23-26,34,53H,17-22,27,47H2,1-6H3,(H,48,50)(H,49,58)(H,56,57)(H2,51,52,60)/t34-/m0/s1. The summed E-state index contributed by atoms with van der Waals surface area (Å²) in [5, 5.41) is 22.2. The van der Waals surface area contributed by atoms with Crippen LogP contribution in [0.3, 0.4) is 0 Å². The zero-order valence-electron chi connectivity index (χ0n) is 37.6. The van der Waals surface area contributed by atoms with E-state index >= 15 is 0 Å². The Balaban J connectivity index is 1.08. The predicted octanol–water partition coefficient (Wildman–Crippen LogP) is 5.78. The molecule has 6 rings (SSSR count). The Labute approximate surface area is 383 Å². The average molecular weight is 926 g/mol. The minimum absolute atomic E-state index is 0.152. The molecule has 8 N–H and O–H groups in total. The summed E-state index contributed by atoms with van der Waals surface area (Å²) in [6.45, 7) is 8.78. The van der Waals surface area contributed by atoms with Crippen LogP contribution in [0.2, 0.25) is 0 Å². The summed E-state index contributed by atoms with van der Waals surface area (Å²) in [5.74, 6) is 0.111. The molecule has 0 aliphatic carbocycles. The summed E-state index contributed by atoms with van der Waals surface area (Å²) < 4.78 is 44.4. The van der Waals surface area contributed by atoms with E-state index in [1.54, 1.807) is 65.7 Å². The lowest BCUT2D eigenvalue weighted by atomic mass is 9.86. The molecule has 2 heterocycles. The van der Waals surface area contributed by atoms with Gasteiger partial charge in [0.1, 0.15) is 23.1 Å². The van der Waals surface area contributed by atoms with E-state index in [2.05, 4.69) is 35.9 Å². The van der Waals surface area contributed by atoms with Gasteiger partial charge in [-0.2, -0.15) is 0 Å². The fourth-order valence-corrected chi connectivity index (χ4v) is 7.85. The molecule has 19 nitrogen and oxygen atoms in total. The number of fused-ring (bicyclic) bond motifs is 1. The zero-order chi connectivity index (χ0) is 47.8. The minimum Gasteiger partial charge on any atom is -0.496 e. The number of pyridine rings is 1. The number of ether oxygens (including phenoxy) is 3. The molecule has 4 amide bonds. The van der Waals surface area contributed by atoms with E-state index in [9.17, 15) is 27.6 Å². The second-order valence-electron chi connectivity index (χ2n) is 16.6. The number of nitrogens with one attached hydrogen (secondary N) is 5. The van der Waals surface area contributed by atoms with Gasteiger partial charge in [-0.3, -0.25) is 24.0 Å². The van der Waals surface area contributed by atoms with Gasteiger partial charge in [0.05, 0.1) is 55.6 Å². The molecule has 1 aliphatic heterocycles. The number of sulfonamides is 1. The molecule has 350 valence electrons. The maximum Gasteiger partial charge on any atom is 0.323 e. The van der Waals surface area contributed by atoms with Crippen molar-refractivity contribution >= 4 is 73.2 Å². The molecule has 0 saturated carbocycles. The normalized spacial score (nSPS) is 13.6. The van der Waals surface area contributed by atoms with Crippen LogP contribution in [0.15, 0.2) is 85.1 Å². The first-order chi connectivity index (χ1) is 31.3. The Morgan fingerprint density at radius 2 is 1.55 bits per heavy atom. The summed E-state index contributed by atoms with van der Waals surface area (Å²) >= 11 is 0. The lowest BCUT2D eigenvalue weighted by molar-refractivity contribution is -0.142. The lowest BCUT2D eigenvalue weighted by Gasteiger charge is -2.35. The maximum atomic E-state index is 13.5. The van der Waals surface area contributed by atoms with E-state index in [4.69, 9.17) is 25.1 Å². The van der Waals surface area contributed by atoms with Crippen molar-refractivity contribution in [3.8, 4) is 23.0 Å². The Bertz CT molecular complexity index is 2720. The largest absolute Gasteiger partial charge is 0.496 e. The number of nitrogens with two attached hydrogens (primary N) is 1. The smallest absolute Gasteiger partial charge is 0.323 e. The quantitative estimate of drug-likeness (QED) is 0.0584. The molecule has 0 unspecified atom stereocenters. The molecule has 5 aromatic rings. The van der Waals surface area contributed by atoms with Gasteiger partial charge in [0.15, 0.2) is 5.75 Å². The first-order valence-corrected chi connectivity index (χ1v) is 22.9. The Morgan fingerprint density at radius 1 is 0.848 bits per heavy atom. The van der Waals surface area contributed by atoms with Gasteiger partial charge < -0.3 is 51.2 Å². The van der Waals surface area contributed by atoms with E-state index in [0.29, 0.717) is 90.0 Å². The number of benzene rings is 4. The highest BCUT2D eigenvalue weighted by Gasteiger charge is 2.27. The third kappa shape index (κ3) is 12.5. The van der Waals surface area contributed by atoms with E-state index in [1.807, 2.05) is 45.0 Å². The number of amides is 4. The van der Waals surface area contributed by atoms with Gasteiger partial charge in [-0.15, -0.1) is 0 Å². The van der Waals surface area contributed by atoms with Crippen LogP contribution in [0.5, 0.6) is 23.0 Å². The number of urea groups is 1. The van der Waals surface area contributed by atoms with Crippen LogP contribution >= 0.6 is 0 Å². The van der Waals surface area contributed by atoms with Crippen molar-refractivity contribution in [2.24, 2.45) is 5.73 Å². The Kier molecular flexibility index (Phi) is 15.2. The number of aromatic nitrogens is 1. The molecule has 0 spiro atoms. The number of anilines is 5. The van der Waals surface area contributed by atoms with E-state index in [0.717, 1.165) is 11.8 Å². The van der Waals surface area contributed by atoms with E-state index < -0.39 is 34.5 Å². The number of aliphatic carboxylic acids is 1. The number of rotatable bonds is 17. The van der Waals surface area contributed by atoms with Crippen LogP contribution in [-0.4, -0.2) is 118 Å². The highest BCUT2D eigenvalue weighted by Crippen LogP contribution is 2.40. The number of carboxylic acids is 1. The highest BCUT2D eigenvalue weighted by molar-refractivity contribution is 7.92. The number of hydrogen-bond acceptors (Lipinski definition) is 13. The molecular formula is C46H55N9O10S. The van der Waals surface area contributed by atoms with Crippen molar-refractivity contribution in [3.05, 3.63) is 96.2 Å². The van der Waals surface area contributed by atoms with Crippen LogP contribution in [0.4, 0.5) is 33.4 Å². The average Bonchev–Trinajstić information content (AvgIpc) is 3.26. The van der Waals surface area contributed by atoms with Gasteiger partial charge in [0, 0.05) is 74.1 Å². The monoisotopic (exact) mass is 925 g/mol. The molecule has 4 aromatic carbocycles. The SMILES string of the molecule is COc1cc(Nc2cc(Oc3ccc(NC(=O)Nc4cc(C(C)(C)C)cc(NS(C)(=O)=O)c4OC)c4ccccc34)ccn2)ccc1C(=O)NCCN1CCN(C(=O)[C@@H](N)CC(=O)O)CC1. The van der Waals surface area contributed by atoms with Crippen molar-refractivity contribution in [2.75, 3.05) is 80.4 Å². The summed E-state index contributed by atoms with van der Waals surface area (Å²) in [6, 6.07) is 21.1. The van der Waals surface area contributed by atoms with Crippen LogP contribution < -0.4 is 45.9 Å². The summed E-state index contributed by atoms with van der Waals surface area (Å²) in [4.78, 5) is 58.2. The topological polar surface area (TPSA) is 256 Å². The molecule has 1 aromatic heterocycles. The van der Waals surface area contributed by atoms with Gasteiger partial charge in [0.2, 0.25) is 15.9 Å². The van der Waals surface area contributed by atoms with Crippen molar-refractivity contribution < 1.29 is 46.9 Å². The molecule has 1 fully saturated rings. The van der Waals surface area contributed by atoms with E-state index in [-0.39, 0.29) is 34.4 Å². The first-order valence-electron chi connectivity index (χ1n) is 21.0. The third-order valence-electron chi connectivity index (χ3n) is 10.6. The number of carbonyl (C=O) groups excluding carboxylic acids is 3. The second-order valence-corrected chi connectivity index (χ2v) is 18.4. The number of piperazine rings is 1. The van der Waals surface area contributed by atoms with Crippen LogP contribution in [0.1, 0.15) is 43.1 Å². The predicted molar refractivity (Wildman–Crippen MR) is 253 cm³/mol. The van der Waals surface area contributed by atoms with Gasteiger partial charge in [-0.1, -0.05) is 45.0 Å². The number of hydrogen-bond donors (Lipinski definition) is 7. The van der Waals surface area contributed by atoms with Crippen molar-refractivity contribution in [1.29, 1.82) is 0 Å². The number of methoxy groups -OCH3 is 2. The molecule has 66 heavy (non-hydrogen) atoms. The first kappa shape index (κ1) is 48.3. The van der Waals surface area contributed by atoms with Crippen LogP contribution in [0.25, 0.3) is 10.8 Å². The third-order valence-corrected chi connectivity index (χ3v) is 11.2. The maximum absolute atomic E-state index is 13.5. The lowest BCUT2D eigenvalue weighted by Crippen LogP contribution is -2.54. The second kappa shape index (κ2) is 20.8. The van der Waals surface area contributed by atoms with Crippen LogP contribution in [0, 0.1) is 0 Å². The van der Waals surface area contributed by atoms with Crippen LogP contribution in [-0.2, 0) is 25.0 Å². The fourth-order valence-electron chi connectivity index (χ4n) is 7.29. The molecule has 20 heteroatoms. The molecule has 0 bridgehead atoms. The molecular weight excluding hydrogens is 871 g/mol. The van der Waals surface area contributed by atoms with Gasteiger partial charge in [-0.05, 0) is 53.4 Å². The number of nitrogens with zero attached hydrogens (tertiary/aromatic N) is 3. The molecule has 1 saturated heterocycles. The summed E-state index contributed by atoms with van der Waals surface area (Å²) in [7, 11) is -0.794. The Hall–Kier alpha value is -7.16. The highest BCUT2D eigenvalue weighted by atomic mass is 32.2. The van der Waals surface area contributed by atoms with Crippen molar-refractivity contribution in [1.82, 2.24) is 20.1 Å². The number of carboxylic acid groups (broad SMARTS) is 1. The Morgan fingerprint density at radius 3 is 2.21 bits per heavy atom. The van der Waals surface area contributed by atoms with E-state index in [1.165, 1.54) is 14.2 Å². The van der Waals surface area contributed by atoms with Crippen molar-refractivity contribution in [3.63, 3.8) is 0 Å². The number of carbonyl (C=O) groups is 4. The van der Waals surface area contributed by atoms with Gasteiger partial charge >= 0.3 is 12.0 Å².